The summed E-state index contributed by atoms with van der Waals surface area (Å²) in [6.45, 7) is 5.61. The van der Waals surface area contributed by atoms with Crippen LogP contribution in [-0.2, 0) is 62.8 Å². The number of benzene rings is 1. The maximum Gasteiger partial charge on any atom is 0.320 e. The molecule has 0 spiro atoms. The molecule has 0 aliphatic heterocycles. The highest BCUT2D eigenvalue weighted by atomic mass is 16.5. The Balaban J connectivity index is 2.94. The Bertz CT molecular complexity index is 1290. The van der Waals surface area contributed by atoms with Crippen LogP contribution in [0.4, 0.5) is 0 Å². The third kappa shape index (κ3) is 30.4. The summed E-state index contributed by atoms with van der Waals surface area (Å²) in [6.07, 6.45) is 32.6. The summed E-state index contributed by atoms with van der Waals surface area (Å²) in [4.78, 5) is 75.6. The fourth-order valence-corrected chi connectivity index (χ4v) is 8.39. The Morgan fingerprint density at radius 3 is 0.697 bits per heavy atom. The van der Waals surface area contributed by atoms with Gasteiger partial charge in [-0.05, 0) is 54.2 Å². The first-order chi connectivity index (χ1) is 31.9. The lowest BCUT2D eigenvalue weighted by atomic mass is 9.99. The van der Waals surface area contributed by atoms with Gasteiger partial charge < -0.3 is 29.5 Å². The molecular formula is C54H90O12. The number of hydrogen-bond acceptors (Lipinski definition) is 9. The molecule has 0 aromatic heterocycles. The van der Waals surface area contributed by atoms with E-state index in [1.807, 2.05) is 0 Å². The lowest BCUT2D eigenvalue weighted by Gasteiger charge is -2.16. The molecule has 3 unspecified atom stereocenters. The molecule has 0 aliphatic rings. The summed E-state index contributed by atoms with van der Waals surface area (Å²) >= 11 is 0. The molecule has 0 radical (unpaired) electrons. The average molecular weight is 931 g/mol. The van der Waals surface area contributed by atoms with Crippen LogP contribution in [0.2, 0.25) is 0 Å². The summed E-state index contributed by atoms with van der Waals surface area (Å²) in [7, 11) is 0. The van der Waals surface area contributed by atoms with Crippen LogP contribution in [0.1, 0.15) is 249 Å². The van der Waals surface area contributed by atoms with Crippen LogP contribution >= 0.6 is 0 Å². The Hall–Kier alpha value is -3.96. The highest BCUT2D eigenvalue weighted by Gasteiger charge is 2.30. The van der Waals surface area contributed by atoms with Crippen molar-refractivity contribution in [3.63, 3.8) is 0 Å². The Morgan fingerprint density at radius 2 is 0.515 bits per heavy atom. The minimum atomic E-state index is -1.34. The van der Waals surface area contributed by atoms with Crippen LogP contribution < -0.4 is 0 Å². The summed E-state index contributed by atoms with van der Waals surface area (Å²) in [5.74, 6) is -10.4. The van der Waals surface area contributed by atoms with Crippen LogP contribution in [0.15, 0.2) is 18.2 Å². The van der Waals surface area contributed by atoms with Gasteiger partial charge in [0, 0.05) is 0 Å². The van der Waals surface area contributed by atoms with E-state index in [0.29, 0.717) is 36.0 Å². The molecule has 0 saturated heterocycles. The number of carbonyl (C=O) groups excluding carboxylic acids is 3. The average Bonchev–Trinajstić information content (AvgIpc) is 3.29. The van der Waals surface area contributed by atoms with Gasteiger partial charge in [-0.1, -0.05) is 213 Å². The second kappa shape index (κ2) is 40.1. The number of rotatable bonds is 45. The fraction of sp³-hybridized carbons (Fsp3) is 0.778. The Kier molecular flexibility index (Phi) is 36.5. The molecular weight excluding hydrogens is 841 g/mol. The van der Waals surface area contributed by atoms with Crippen LogP contribution in [0.5, 0.6) is 0 Å². The molecule has 66 heavy (non-hydrogen) atoms. The minimum absolute atomic E-state index is 0.148. The molecule has 1 aromatic carbocycles. The van der Waals surface area contributed by atoms with E-state index in [1.54, 1.807) is 18.2 Å². The molecule has 0 aliphatic carbocycles. The summed E-state index contributed by atoms with van der Waals surface area (Å²) in [5.41, 5.74) is 1.18. The maximum atomic E-state index is 13.1. The zero-order valence-corrected chi connectivity index (χ0v) is 41.4. The zero-order valence-electron chi connectivity index (χ0n) is 41.4. The molecule has 378 valence electrons. The smallest absolute Gasteiger partial charge is 0.320 e. The van der Waals surface area contributed by atoms with Crippen molar-refractivity contribution in [3.8, 4) is 0 Å². The number of unbranched alkanes of at least 4 members (excludes halogenated alkanes) is 27. The topological polar surface area (TPSA) is 191 Å². The first-order valence-corrected chi connectivity index (χ1v) is 26.2. The van der Waals surface area contributed by atoms with E-state index in [2.05, 4.69) is 20.8 Å². The molecule has 0 bridgehead atoms. The first kappa shape index (κ1) is 60.1. The van der Waals surface area contributed by atoms with Crippen molar-refractivity contribution in [2.24, 2.45) is 17.8 Å². The van der Waals surface area contributed by atoms with Crippen molar-refractivity contribution in [2.75, 3.05) is 0 Å². The van der Waals surface area contributed by atoms with Gasteiger partial charge >= 0.3 is 35.8 Å². The number of carbonyl (C=O) groups is 6. The molecule has 12 heteroatoms. The van der Waals surface area contributed by atoms with Crippen molar-refractivity contribution in [3.05, 3.63) is 34.9 Å². The lowest BCUT2D eigenvalue weighted by Crippen LogP contribution is -2.26. The van der Waals surface area contributed by atoms with Crippen molar-refractivity contribution < 1.29 is 58.3 Å². The number of esters is 3. The molecule has 0 heterocycles. The van der Waals surface area contributed by atoms with Crippen LogP contribution in [0.3, 0.4) is 0 Å². The van der Waals surface area contributed by atoms with Gasteiger partial charge in [0.15, 0.2) is 17.8 Å². The van der Waals surface area contributed by atoms with Gasteiger partial charge in [0.1, 0.15) is 19.8 Å². The second-order valence-electron chi connectivity index (χ2n) is 18.6. The van der Waals surface area contributed by atoms with E-state index in [0.717, 1.165) is 77.0 Å². The summed E-state index contributed by atoms with van der Waals surface area (Å²) in [6, 6.07) is 4.77. The van der Waals surface area contributed by atoms with Crippen molar-refractivity contribution in [2.45, 2.75) is 252 Å². The largest absolute Gasteiger partial charge is 0.481 e. The normalized spacial score (nSPS) is 12.6. The van der Waals surface area contributed by atoms with E-state index in [4.69, 9.17) is 14.2 Å². The van der Waals surface area contributed by atoms with Gasteiger partial charge in [-0.25, -0.2) is 0 Å². The predicted octanol–water partition coefficient (Wildman–Crippen LogP) is 13.9. The van der Waals surface area contributed by atoms with E-state index in [9.17, 15) is 44.1 Å². The maximum absolute atomic E-state index is 13.1. The van der Waals surface area contributed by atoms with Crippen LogP contribution in [0.25, 0.3) is 0 Å². The Labute approximate surface area is 398 Å². The highest BCUT2D eigenvalue weighted by molar-refractivity contribution is 5.95. The van der Waals surface area contributed by atoms with Crippen LogP contribution in [-0.4, -0.2) is 51.1 Å². The summed E-state index contributed by atoms with van der Waals surface area (Å²) in [5, 5.41) is 29.6. The van der Waals surface area contributed by atoms with Gasteiger partial charge in [0.25, 0.3) is 0 Å². The molecule has 3 atom stereocenters. The van der Waals surface area contributed by atoms with Crippen molar-refractivity contribution in [1.82, 2.24) is 0 Å². The van der Waals surface area contributed by atoms with Gasteiger partial charge in [-0.3, -0.25) is 28.8 Å². The number of ether oxygens (including phenoxy) is 3. The number of hydrogen-bond donors (Lipinski definition) is 3. The Morgan fingerprint density at radius 1 is 0.333 bits per heavy atom. The van der Waals surface area contributed by atoms with E-state index >= 15 is 0 Å². The molecule has 1 aromatic rings. The predicted molar refractivity (Wildman–Crippen MR) is 259 cm³/mol. The first-order valence-electron chi connectivity index (χ1n) is 26.2. The second-order valence-corrected chi connectivity index (χ2v) is 18.6. The lowest BCUT2D eigenvalue weighted by molar-refractivity contribution is -0.161. The van der Waals surface area contributed by atoms with E-state index in [1.165, 1.54) is 96.3 Å². The zero-order chi connectivity index (χ0) is 48.6. The number of carboxylic acid groups (broad SMARTS) is 3. The van der Waals surface area contributed by atoms with Gasteiger partial charge in [0.05, 0.1) is 0 Å². The van der Waals surface area contributed by atoms with Crippen molar-refractivity contribution >= 4 is 35.8 Å². The van der Waals surface area contributed by atoms with Gasteiger partial charge in [-0.15, -0.1) is 0 Å². The quantitative estimate of drug-likeness (QED) is 0.0243. The SMILES string of the molecule is CCCCCCCCCCCCC(C(=O)O)C(=O)OCc1cc(COC(=O)C(CCCCCCCCCCCC)C(=O)O)cc(COC(=O)C(CCCCCCCCCCCC)C(=O)O)c1. The fourth-order valence-electron chi connectivity index (χ4n) is 8.39. The molecule has 3 N–H and O–H groups in total. The highest BCUT2D eigenvalue weighted by Crippen LogP contribution is 2.22. The van der Waals surface area contributed by atoms with Crippen molar-refractivity contribution in [1.29, 1.82) is 0 Å². The summed E-state index contributed by atoms with van der Waals surface area (Å²) < 4.78 is 16.5. The molecule has 0 saturated carbocycles. The standard InChI is InChI=1S/C54H90O12/c1-4-7-10-13-16-19-22-25-28-31-34-46(49(55)56)52(61)64-40-43-37-44(41-65-53(62)47(50(57)58)35-32-29-26-23-20-17-14-11-8-5-2)39-45(38-43)42-66-54(63)48(51(59)60)36-33-30-27-24-21-18-15-12-9-6-3/h37-39,46-48H,4-36,40-42H2,1-3H3,(H,55,56)(H,57,58)(H,59,60). The monoisotopic (exact) mass is 931 g/mol. The third-order valence-electron chi connectivity index (χ3n) is 12.5. The molecule has 12 nitrogen and oxygen atoms in total. The minimum Gasteiger partial charge on any atom is -0.481 e. The molecule has 0 fully saturated rings. The van der Waals surface area contributed by atoms with Gasteiger partial charge in [0.2, 0.25) is 0 Å². The van der Waals surface area contributed by atoms with Gasteiger partial charge in [-0.2, -0.15) is 0 Å². The van der Waals surface area contributed by atoms with E-state index < -0.39 is 53.6 Å². The van der Waals surface area contributed by atoms with E-state index in [-0.39, 0.29) is 39.1 Å². The third-order valence-corrected chi connectivity index (χ3v) is 12.5. The molecule has 1 rings (SSSR count). The van der Waals surface area contributed by atoms with Crippen LogP contribution in [0, 0.1) is 17.8 Å². The number of aliphatic carboxylic acids is 3. The molecule has 0 amide bonds. The number of carboxylic acids is 3.